The molecule has 1 unspecified atom stereocenters. The lowest BCUT2D eigenvalue weighted by Gasteiger charge is -2.27. The van der Waals surface area contributed by atoms with Gasteiger partial charge >= 0.3 is 0 Å². The molecule has 0 fully saturated rings. The van der Waals surface area contributed by atoms with Crippen LogP contribution >= 0.6 is 12.4 Å². The highest BCUT2D eigenvalue weighted by molar-refractivity contribution is 5.85. The molecule has 5 nitrogen and oxygen atoms in total. The molecule has 0 spiro atoms. The third-order valence-corrected chi connectivity index (χ3v) is 4.62. The number of halogens is 1. The summed E-state index contributed by atoms with van der Waals surface area (Å²) in [7, 11) is 0. The fourth-order valence-corrected chi connectivity index (χ4v) is 3.22. The average molecular weight is 400 g/mol. The first-order chi connectivity index (χ1) is 13.2. The number of para-hydroxylation sites is 1. The number of nitrogens with one attached hydrogen (secondary N) is 1. The minimum atomic E-state index is -0.107. The zero-order valence-electron chi connectivity index (χ0n) is 15.2. The lowest BCUT2D eigenvalue weighted by Crippen LogP contribution is -2.33. The Kier molecular flexibility index (Phi) is 6.29. The Morgan fingerprint density at radius 2 is 1.50 bits per heavy atom. The molecule has 0 bridgehead atoms. The fourth-order valence-electron chi connectivity index (χ4n) is 3.22. The number of phenols is 2. The molecule has 0 saturated carbocycles. The van der Waals surface area contributed by atoms with E-state index in [-0.39, 0.29) is 29.9 Å². The Balaban J connectivity index is 0.00000225. The van der Waals surface area contributed by atoms with E-state index in [2.05, 4.69) is 5.32 Å². The van der Waals surface area contributed by atoms with Crippen molar-refractivity contribution < 1.29 is 19.7 Å². The van der Waals surface area contributed by atoms with Crippen molar-refractivity contribution in [2.75, 3.05) is 13.2 Å². The largest absolute Gasteiger partial charge is 0.504 e. The van der Waals surface area contributed by atoms with E-state index in [0.29, 0.717) is 6.61 Å². The Hall–Kier alpha value is -2.89. The van der Waals surface area contributed by atoms with Crippen molar-refractivity contribution in [2.45, 2.75) is 12.5 Å². The molecule has 1 atom stereocenters. The van der Waals surface area contributed by atoms with Crippen LogP contribution in [0.2, 0.25) is 0 Å². The molecule has 146 valence electrons. The minimum absolute atomic E-state index is 0. The van der Waals surface area contributed by atoms with Crippen molar-refractivity contribution in [3.63, 3.8) is 0 Å². The van der Waals surface area contributed by atoms with Crippen molar-refractivity contribution in [2.24, 2.45) is 0 Å². The molecular weight excluding hydrogens is 378 g/mol. The van der Waals surface area contributed by atoms with E-state index in [0.717, 1.165) is 41.3 Å². The first-order valence-electron chi connectivity index (χ1n) is 8.93. The van der Waals surface area contributed by atoms with Gasteiger partial charge in [-0.25, -0.2) is 0 Å². The number of fused-ring (bicyclic) bond motifs is 1. The van der Waals surface area contributed by atoms with Gasteiger partial charge in [0.15, 0.2) is 11.5 Å². The maximum Gasteiger partial charge on any atom is 0.157 e. The van der Waals surface area contributed by atoms with Crippen LogP contribution in [-0.4, -0.2) is 23.4 Å². The first kappa shape index (κ1) is 19.9. The highest BCUT2D eigenvalue weighted by atomic mass is 35.5. The van der Waals surface area contributed by atoms with Crippen LogP contribution in [0.25, 0.3) is 0 Å². The van der Waals surface area contributed by atoms with Gasteiger partial charge in [0.05, 0.1) is 6.04 Å². The van der Waals surface area contributed by atoms with Crippen LogP contribution in [-0.2, 0) is 6.42 Å². The second-order valence-corrected chi connectivity index (χ2v) is 6.49. The van der Waals surface area contributed by atoms with Crippen molar-refractivity contribution in [1.29, 1.82) is 0 Å². The summed E-state index contributed by atoms with van der Waals surface area (Å²) in [6.45, 7) is 1.23. The first-order valence-corrected chi connectivity index (χ1v) is 8.93. The Bertz CT molecular complexity index is 916. The Morgan fingerprint density at radius 3 is 2.25 bits per heavy atom. The molecule has 1 aliphatic heterocycles. The molecule has 0 saturated heterocycles. The quantitative estimate of drug-likeness (QED) is 0.548. The van der Waals surface area contributed by atoms with Crippen LogP contribution < -0.4 is 14.8 Å². The van der Waals surface area contributed by atoms with E-state index < -0.39 is 0 Å². The maximum absolute atomic E-state index is 9.80. The molecule has 28 heavy (non-hydrogen) atoms. The second kappa shape index (κ2) is 8.87. The lowest BCUT2D eigenvalue weighted by molar-refractivity contribution is 0.260. The van der Waals surface area contributed by atoms with Gasteiger partial charge in [0.1, 0.15) is 23.9 Å². The van der Waals surface area contributed by atoms with Gasteiger partial charge in [-0.1, -0.05) is 18.2 Å². The maximum atomic E-state index is 9.80. The molecule has 3 N–H and O–H groups in total. The SMILES string of the molecule is Cl.Oc1cc2c(cc1O)C(COc1ccc(Oc3ccccc3)cc1)NCC2. The zero-order valence-corrected chi connectivity index (χ0v) is 16.0. The second-order valence-electron chi connectivity index (χ2n) is 6.49. The number of hydrogen-bond donors (Lipinski definition) is 3. The zero-order chi connectivity index (χ0) is 18.6. The third-order valence-electron chi connectivity index (χ3n) is 4.62. The smallest absolute Gasteiger partial charge is 0.157 e. The molecule has 1 aliphatic rings. The highest BCUT2D eigenvalue weighted by Gasteiger charge is 2.22. The number of phenolic OH excluding ortho intramolecular Hbond substituents is 2. The average Bonchev–Trinajstić information content (AvgIpc) is 2.69. The van der Waals surface area contributed by atoms with Crippen molar-refractivity contribution >= 4 is 12.4 Å². The van der Waals surface area contributed by atoms with E-state index in [1.54, 1.807) is 12.1 Å². The molecule has 0 aromatic heterocycles. The lowest BCUT2D eigenvalue weighted by atomic mass is 9.94. The fraction of sp³-hybridized carbons (Fsp3) is 0.182. The van der Waals surface area contributed by atoms with Gasteiger partial charge in [0, 0.05) is 0 Å². The van der Waals surface area contributed by atoms with Gasteiger partial charge in [0.2, 0.25) is 0 Å². The molecule has 0 amide bonds. The van der Waals surface area contributed by atoms with Gasteiger partial charge in [0.25, 0.3) is 0 Å². The van der Waals surface area contributed by atoms with Crippen LogP contribution in [0.5, 0.6) is 28.7 Å². The summed E-state index contributed by atoms with van der Waals surface area (Å²) >= 11 is 0. The number of ether oxygens (including phenoxy) is 2. The normalized spacial score (nSPS) is 15.2. The van der Waals surface area contributed by atoms with Crippen LogP contribution in [0.1, 0.15) is 17.2 Å². The van der Waals surface area contributed by atoms with E-state index in [4.69, 9.17) is 9.47 Å². The molecule has 0 aliphatic carbocycles. The number of hydrogen-bond acceptors (Lipinski definition) is 5. The van der Waals surface area contributed by atoms with Crippen LogP contribution in [0.3, 0.4) is 0 Å². The van der Waals surface area contributed by atoms with Gasteiger partial charge in [-0.15, -0.1) is 12.4 Å². The summed E-state index contributed by atoms with van der Waals surface area (Å²) in [6.07, 6.45) is 0.811. The standard InChI is InChI=1S/C22H21NO4.ClH/c24-21-12-15-10-11-23-20(19(15)13-22(21)25)14-26-16-6-8-18(9-7-16)27-17-4-2-1-3-5-17;/h1-9,12-13,20,23-25H,10-11,14H2;1H. The molecule has 1 heterocycles. The van der Waals surface area contributed by atoms with Crippen molar-refractivity contribution in [3.8, 4) is 28.7 Å². The predicted molar refractivity (Wildman–Crippen MR) is 110 cm³/mol. The molecule has 0 radical (unpaired) electrons. The number of benzene rings is 3. The topological polar surface area (TPSA) is 71.0 Å². The monoisotopic (exact) mass is 399 g/mol. The number of rotatable bonds is 5. The van der Waals surface area contributed by atoms with Crippen LogP contribution in [0, 0.1) is 0 Å². The molecule has 3 aromatic rings. The van der Waals surface area contributed by atoms with Crippen LogP contribution in [0.4, 0.5) is 0 Å². The van der Waals surface area contributed by atoms with Gasteiger partial charge in [-0.3, -0.25) is 0 Å². The summed E-state index contributed by atoms with van der Waals surface area (Å²) in [6, 6.07) is 20.3. The minimum Gasteiger partial charge on any atom is -0.504 e. The van der Waals surface area contributed by atoms with Crippen LogP contribution in [0.15, 0.2) is 66.7 Å². The summed E-state index contributed by atoms with van der Waals surface area (Å²) in [5.74, 6) is 2.09. The highest BCUT2D eigenvalue weighted by Crippen LogP contribution is 2.34. The summed E-state index contributed by atoms with van der Waals surface area (Å²) in [4.78, 5) is 0. The molecule has 6 heteroatoms. The van der Waals surface area contributed by atoms with Gasteiger partial charge in [-0.2, -0.15) is 0 Å². The molecule has 4 rings (SSSR count). The predicted octanol–water partition coefficient (Wildman–Crippen LogP) is 4.58. The van der Waals surface area contributed by atoms with Gasteiger partial charge in [-0.05, 0) is 72.6 Å². The van der Waals surface area contributed by atoms with Gasteiger partial charge < -0.3 is 25.0 Å². The van der Waals surface area contributed by atoms with E-state index in [1.165, 1.54) is 0 Å². The molecular formula is C22H22ClNO4. The molecule has 3 aromatic carbocycles. The van der Waals surface area contributed by atoms with Crippen molar-refractivity contribution in [1.82, 2.24) is 5.32 Å². The summed E-state index contributed by atoms with van der Waals surface area (Å²) in [5, 5.41) is 22.9. The Morgan fingerprint density at radius 1 is 0.857 bits per heavy atom. The van der Waals surface area contributed by atoms with Crippen molar-refractivity contribution in [3.05, 3.63) is 77.9 Å². The summed E-state index contributed by atoms with van der Waals surface area (Å²) in [5.41, 5.74) is 1.99. The number of aromatic hydroxyl groups is 2. The third kappa shape index (κ3) is 4.50. The van der Waals surface area contributed by atoms with E-state index >= 15 is 0 Å². The Labute approximate surface area is 170 Å². The van der Waals surface area contributed by atoms with E-state index in [9.17, 15) is 10.2 Å². The van der Waals surface area contributed by atoms with E-state index in [1.807, 2.05) is 54.6 Å². The summed E-state index contributed by atoms with van der Waals surface area (Å²) < 4.78 is 11.7.